The van der Waals surface area contributed by atoms with E-state index in [4.69, 9.17) is 9.47 Å². The molecular weight excluding hydrogens is 382 g/mol. The molecule has 2 aliphatic rings. The number of benzene rings is 2. The van der Waals surface area contributed by atoms with Crippen LogP contribution in [0, 0.1) is 13.8 Å². The standard InChI is InChI=1S/C23H27N3O4/c1-16-7-8-18(13-17(16)2)24-22(27)15-26-14-21(23(28)25-9-11-29-12-10-25)30-20-6-4-3-5-19(20)26/h3-8,13,21H,9-12,14-15H2,1-2H3,(H,24,27)/t21-/m0/s1. The van der Waals surface area contributed by atoms with Gasteiger partial charge < -0.3 is 24.6 Å². The molecular formula is C23H27N3O4. The molecule has 1 atom stereocenters. The normalized spacial score (nSPS) is 18.4. The number of aryl methyl sites for hydroxylation is 2. The molecule has 0 unspecified atom stereocenters. The van der Waals surface area contributed by atoms with Crippen molar-refractivity contribution < 1.29 is 19.1 Å². The molecule has 7 heteroatoms. The van der Waals surface area contributed by atoms with Gasteiger partial charge in [0.25, 0.3) is 5.91 Å². The SMILES string of the molecule is Cc1ccc(NC(=O)CN2C[C@@H](C(=O)N3CCOCC3)Oc3ccccc32)cc1C. The number of nitrogens with zero attached hydrogens (tertiary/aromatic N) is 2. The zero-order valence-electron chi connectivity index (χ0n) is 17.4. The Hall–Kier alpha value is -3.06. The topological polar surface area (TPSA) is 71.1 Å². The van der Waals surface area contributed by atoms with Crippen LogP contribution < -0.4 is 15.0 Å². The summed E-state index contributed by atoms with van der Waals surface area (Å²) in [6, 6.07) is 13.4. The maximum Gasteiger partial charge on any atom is 0.265 e. The Morgan fingerprint density at radius 3 is 2.60 bits per heavy atom. The first-order chi connectivity index (χ1) is 14.5. The molecule has 0 radical (unpaired) electrons. The van der Waals surface area contributed by atoms with Gasteiger partial charge in [-0.25, -0.2) is 0 Å². The van der Waals surface area contributed by atoms with Gasteiger partial charge in [0.15, 0.2) is 6.10 Å². The lowest BCUT2D eigenvalue weighted by atomic mass is 10.1. The first-order valence-corrected chi connectivity index (χ1v) is 10.3. The fourth-order valence-corrected chi connectivity index (χ4v) is 3.77. The predicted molar refractivity (Wildman–Crippen MR) is 115 cm³/mol. The van der Waals surface area contributed by atoms with Crippen LogP contribution in [-0.2, 0) is 14.3 Å². The third kappa shape index (κ3) is 4.41. The Labute approximate surface area is 176 Å². The number of carbonyl (C=O) groups is 2. The van der Waals surface area contributed by atoms with Gasteiger partial charge >= 0.3 is 0 Å². The third-order valence-corrected chi connectivity index (χ3v) is 5.58. The van der Waals surface area contributed by atoms with Crippen LogP contribution in [-0.4, -0.2) is 62.2 Å². The molecule has 0 saturated carbocycles. The second kappa shape index (κ2) is 8.75. The minimum absolute atomic E-state index is 0.0626. The molecule has 2 aliphatic heterocycles. The van der Waals surface area contributed by atoms with Crippen molar-refractivity contribution in [1.29, 1.82) is 0 Å². The van der Waals surface area contributed by atoms with Crippen LogP contribution in [0.4, 0.5) is 11.4 Å². The number of hydrogen-bond donors (Lipinski definition) is 1. The molecule has 2 amide bonds. The van der Waals surface area contributed by atoms with Crippen LogP contribution >= 0.6 is 0 Å². The highest BCUT2D eigenvalue weighted by Gasteiger charge is 2.34. The minimum atomic E-state index is -0.646. The van der Waals surface area contributed by atoms with Crippen LogP contribution in [0.2, 0.25) is 0 Å². The molecule has 0 bridgehead atoms. The van der Waals surface area contributed by atoms with Gasteiger partial charge in [-0.15, -0.1) is 0 Å². The number of carbonyl (C=O) groups excluding carboxylic acids is 2. The molecule has 1 N–H and O–H groups in total. The van der Waals surface area contributed by atoms with Gasteiger partial charge in [0.1, 0.15) is 5.75 Å². The summed E-state index contributed by atoms with van der Waals surface area (Å²) in [7, 11) is 0. The Balaban J connectivity index is 1.48. The van der Waals surface area contributed by atoms with Crippen LogP contribution in [0.3, 0.4) is 0 Å². The molecule has 1 fully saturated rings. The smallest absolute Gasteiger partial charge is 0.265 e. The molecule has 0 spiro atoms. The van der Waals surface area contributed by atoms with E-state index < -0.39 is 6.10 Å². The summed E-state index contributed by atoms with van der Waals surface area (Å²) in [5.74, 6) is 0.425. The van der Waals surface area contributed by atoms with Gasteiger partial charge in [0.2, 0.25) is 5.91 Å². The summed E-state index contributed by atoms with van der Waals surface area (Å²) >= 11 is 0. The fraction of sp³-hybridized carbons (Fsp3) is 0.391. The molecule has 1 saturated heterocycles. The lowest BCUT2D eigenvalue weighted by Crippen LogP contribution is -2.53. The number of rotatable bonds is 4. The van der Waals surface area contributed by atoms with Crippen molar-refractivity contribution in [2.45, 2.75) is 20.0 Å². The van der Waals surface area contributed by atoms with Gasteiger partial charge in [-0.1, -0.05) is 18.2 Å². The minimum Gasteiger partial charge on any atom is -0.477 e. The Morgan fingerprint density at radius 2 is 1.83 bits per heavy atom. The van der Waals surface area contributed by atoms with E-state index >= 15 is 0 Å². The number of hydrogen-bond acceptors (Lipinski definition) is 5. The van der Waals surface area contributed by atoms with E-state index in [1.165, 1.54) is 5.56 Å². The first kappa shape index (κ1) is 20.2. The van der Waals surface area contributed by atoms with Crippen LogP contribution in [0.5, 0.6) is 5.75 Å². The average Bonchev–Trinajstić information content (AvgIpc) is 2.76. The second-order valence-electron chi connectivity index (χ2n) is 7.74. The maximum absolute atomic E-state index is 13.0. The molecule has 0 aromatic heterocycles. The summed E-state index contributed by atoms with van der Waals surface area (Å²) in [5, 5.41) is 2.96. The van der Waals surface area contributed by atoms with Gasteiger partial charge in [-0.05, 0) is 49.2 Å². The van der Waals surface area contributed by atoms with Crippen molar-refractivity contribution in [3.63, 3.8) is 0 Å². The van der Waals surface area contributed by atoms with Crippen molar-refractivity contribution in [2.24, 2.45) is 0 Å². The number of morpholine rings is 1. The van der Waals surface area contributed by atoms with Gasteiger partial charge in [-0.2, -0.15) is 0 Å². The Morgan fingerprint density at radius 1 is 1.07 bits per heavy atom. The van der Waals surface area contributed by atoms with Crippen molar-refractivity contribution in [1.82, 2.24) is 4.90 Å². The molecule has 7 nitrogen and oxygen atoms in total. The van der Waals surface area contributed by atoms with E-state index in [1.807, 2.05) is 61.2 Å². The number of ether oxygens (including phenoxy) is 2. The van der Waals surface area contributed by atoms with E-state index in [9.17, 15) is 9.59 Å². The summed E-state index contributed by atoms with van der Waals surface area (Å²) < 4.78 is 11.3. The number of amides is 2. The highest BCUT2D eigenvalue weighted by molar-refractivity contribution is 5.95. The molecule has 4 rings (SSSR count). The van der Waals surface area contributed by atoms with Crippen LogP contribution in [0.25, 0.3) is 0 Å². The van der Waals surface area contributed by atoms with Gasteiger partial charge in [0, 0.05) is 18.8 Å². The molecule has 2 aromatic rings. The van der Waals surface area contributed by atoms with Crippen molar-refractivity contribution in [3.8, 4) is 5.75 Å². The van der Waals surface area contributed by atoms with Crippen molar-refractivity contribution in [2.75, 3.05) is 49.6 Å². The van der Waals surface area contributed by atoms with E-state index in [2.05, 4.69) is 5.32 Å². The molecule has 30 heavy (non-hydrogen) atoms. The maximum atomic E-state index is 13.0. The lowest BCUT2D eigenvalue weighted by molar-refractivity contribution is -0.142. The Kier molecular flexibility index (Phi) is 5.90. The monoisotopic (exact) mass is 409 g/mol. The summed E-state index contributed by atoms with van der Waals surface area (Å²) in [6.45, 7) is 6.73. The zero-order valence-corrected chi connectivity index (χ0v) is 17.4. The van der Waals surface area contributed by atoms with Crippen molar-refractivity contribution >= 4 is 23.2 Å². The number of para-hydroxylation sites is 2. The van der Waals surface area contributed by atoms with Gasteiger partial charge in [0.05, 0.1) is 32.0 Å². The molecule has 2 heterocycles. The Bertz CT molecular complexity index is 940. The van der Waals surface area contributed by atoms with E-state index in [-0.39, 0.29) is 18.4 Å². The zero-order chi connectivity index (χ0) is 21.1. The van der Waals surface area contributed by atoms with Crippen molar-refractivity contribution in [3.05, 3.63) is 53.6 Å². The fourth-order valence-electron chi connectivity index (χ4n) is 3.77. The number of nitrogens with one attached hydrogen (secondary N) is 1. The summed E-state index contributed by atoms with van der Waals surface area (Å²) in [6.07, 6.45) is -0.646. The van der Waals surface area contributed by atoms with E-state index in [1.54, 1.807) is 4.90 Å². The first-order valence-electron chi connectivity index (χ1n) is 10.3. The third-order valence-electron chi connectivity index (χ3n) is 5.58. The van der Waals surface area contributed by atoms with Gasteiger partial charge in [-0.3, -0.25) is 9.59 Å². The van der Waals surface area contributed by atoms with Crippen LogP contribution in [0.15, 0.2) is 42.5 Å². The molecule has 158 valence electrons. The van der Waals surface area contributed by atoms with E-state index in [0.717, 1.165) is 16.9 Å². The molecule has 0 aliphatic carbocycles. The summed E-state index contributed by atoms with van der Waals surface area (Å²) in [4.78, 5) is 29.4. The lowest BCUT2D eigenvalue weighted by Gasteiger charge is -2.38. The quantitative estimate of drug-likeness (QED) is 0.840. The highest BCUT2D eigenvalue weighted by Crippen LogP contribution is 2.33. The average molecular weight is 409 g/mol. The molecule has 2 aromatic carbocycles. The van der Waals surface area contributed by atoms with Crippen LogP contribution in [0.1, 0.15) is 11.1 Å². The van der Waals surface area contributed by atoms with E-state index in [0.29, 0.717) is 38.6 Å². The summed E-state index contributed by atoms with van der Waals surface area (Å²) in [5.41, 5.74) is 3.89. The second-order valence-corrected chi connectivity index (χ2v) is 7.74. The largest absolute Gasteiger partial charge is 0.477 e. The number of anilines is 2. The predicted octanol–water partition coefficient (Wildman–Crippen LogP) is 2.37. The highest BCUT2D eigenvalue weighted by atomic mass is 16.5. The number of fused-ring (bicyclic) bond motifs is 1.